The number of pyridine rings is 1. The Balaban J connectivity index is 2.19. The zero-order valence-corrected chi connectivity index (χ0v) is 15.4. The van der Waals surface area contributed by atoms with Crippen LogP contribution in [-0.4, -0.2) is 19.5 Å². The largest absolute Gasteiger partial charge is 0.368 e. The summed E-state index contributed by atoms with van der Waals surface area (Å²) < 4.78 is 2.07. The summed E-state index contributed by atoms with van der Waals surface area (Å²) in [4.78, 5) is 13.1. The Morgan fingerprint density at radius 1 is 1.17 bits per heavy atom. The molecule has 0 spiro atoms. The first-order chi connectivity index (χ1) is 11.3. The number of hydrogen-bond acceptors (Lipinski definition) is 4. The smallest absolute Gasteiger partial charge is 0.223 e. The van der Waals surface area contributed by atoms with Crippen molar-refractivity contribution in [1.29, 1.82) is 0 Å². The van der Waals surface area contributed by atoms with Gasteiger partial charge >= 0.3 is 0 Å². The van der Waals surface area contributed by atoms with Gasteiger partial charge in [0, 0.05) is 12.4 Å². The van der Waals surface area contributed by atoms with Crippen LogP contribution in [0, 0.1) is 20.8 Å². The van der Waals surface area contributed by atoms with E-state index in [2.05, 4.69) is 60.3 Å². The average Bonchev–Trinajstić information content (AvgIpc) is 2.87. The third kappa shape index (κ3) is 2.73. The maximum atomic E-state index is 6.35. The molecule has 5 nitrogen and oxygen atoms in total. The molecule has 6 heteroatoms. The number of aryl methyl sites for hydroxylation is 1. The number of anilines is 1. The number of hydrogen-bond donors (Lipinski definition) is 1. The summed E-state index contributed by atoms with van der Waals surface area (Å²) in [5.74, 6) is 0.499. The van der Waals surface area contributed by atoms with Crippen molar-refractivity contribution in [3.63, 3.8) is 0 Å². The van der Waals surface area contributed by atoms with Gasteiger partial charge in [0.05, 0.1) is 17.6 Å². The van der Waals surface area contributed by atoms with Gasteiger partial charge in [-0.15, -0.1) is 0 Å². The van der Waals surface area contributed by atoms with Crippen molar-refractivity contribution < 1.29 is 0 Å². The molecule has 24 heavy (non-hydrogen) atoms. The fourth-order valence-electron chi connectivity index (χ4n) is 2.95. The Hall–Kier alpha value is -2.14. The number of nitrogens with zero attached hydrogens (tertiary/aromatic N) is 4. The Labute approximate surface area is 146 Å². The predicted molar refractivity (Wildman–Crippen MR) is 98.6 cm³/mol. The van der Waals surface area contributed by atoms with Crippen molar-refractivity contribution in [3.8, 4) is 0 Å². The maximum Gasteiger partial charge on any atom is 0.223 e. The van der Waals surface area contributed by atoms with Gasteiger partial charge in [0.1, 0.15) is 10.8 Å². The van der Waals surface area contributed by atoms with Crippen LogP contribution in [0.3, 0.4) is 0 Å². The maximum absolute atomic E-state index is 6.35. The first kappa shape index (κ1) is 16.7. The van der Waals surface area contributed by atoms with Crippen LogP contribution in [0.2, 0.25) is 5.15 Å². The summed E-state index contributed by atoms with van der Waals surface area (Å²) in [6.45, 7) is 11.2. The number of rotatable bonds is 3. The fraction of sp³-hybridized carbons (Fsp3) is 0.389. The van der Waals surface area contributed by atoms with Gasteiger partial charge in [-0.05, 0) is 48.9 Å². The van der Waals surface area contributed by atoms with Crippen molar-refractivity contribution in [2.45, 2.75) is 47.1 Å². The fourth-order valence-corrected chi connectivity index (χ4v) is 3.23. The van der Waals surface area contributed by atoms with Gasteiger partial charge in [-0.2, -0.15) is 4.98 Å². The number of aromatic nitrogens is 4. The summed E-state index contributed by atoms with van der Waals surface area (Å²) in [5.41, 5.74) is 12.4. The standard InChI is InChI=1S/C18H22ClN5/c1-9(2)13-7-24(17-15(13)16(19)22-18(20)23-17)8-14-12(5)11(4)10(3)6-21-14/h6-7,9H,8H2,1-5H3,(H2,20,22,23). The Morgan fingerprint density at radius 2 is 1.88 bits per heavy atom. The Bertz CT molecular complexity index is 927. The van der Waals surface area contributed by atoms with Gasteiger partial charge in [0.2, 0.25) is 5.95 Å². The normalized spacial score (nSPS) is 11.6. The molecule has 0 fully saturated rings. The van der Waals surface area contributed by atoms with E-state index in [1.165, 1.54) is 16.7 Å². The van der Waals surface area contributed by atoms with E-state index >= 15 is 0 Å². The summed E-state index contributed by atoms with van der Waals surface area (Å²) >= 11 is 6.35. The SMILES string of the molecule is Cc1cnc(Cn2cc(C(C)C)c3c(Cl)nc(N)nc32)c(C)c1C. The van der Waals surface area contributed by atoms with Gasteiger partial charge in [-0.3, -0.25) is 4.98 Å². The van der Waals surface area contributed by atoms with E-state index in [4.69, 9.17) is 17.3 Å². The van der Waals surface area contributed by atoms with E-state index in [0.717, 1.165) is 22.3 Å². The molecule has 0 saturated heterocycles. The van der Waals surface area contributed by atoms with E-state index < -0.39 is 0 Å². The van der Waals surface area contributed by atoms with E-state index in [9.17, 15) is 0 Å². The summed E-state index contributed by atoms with van der Waals surface area (Å²) in [5, 5.41) is 1.28. The van der Waals surface area contributed by atoms with Crippen molar-refractivity contribution in [2.24, 2.45) is 0 Å². The highest BCUT2D eigenvalue weighted by Crippen LogP contribution is 2.32. The van der Waals surface area contributed by atoms with Gasteiger partial charge < -0.3 is 10.3 Å². The van der Waals surface area contributed by atoms with Crippen molar-refractivity contribution in [3.05, 3.63) is 45.5 Å². The first-order valence-electron chi connectivity index (χ1n) is 8.03. The molecule has 0 unspecified atom stereocenters. The van der Waals surface area contributed by atoms with E-state index in [0.29, 0.717) is 17.6 Å². The predicted octanol–water partition coefficient (Wildman–Crippen LogP) is 4.16. The van der Waals surface area contributed by atoms with Crippen molar-refractivity contribution in [2.75, 3.05) is 5.73 Å². The second kappa shape index (κ2) is 6.06. The molecule has 3 rings (SSSR count). The zero-order valence-electron chi connectivity index (χ0n) is 14.7. The van der Waals surface area contributed by atoms with Crippen LogP contribution in [0.15, 0.2) is 12.4 Å². The molecular formula is C18H22ClN5. The Morgan fingerprint density at radius 3 is 2.54 bits per heavy atom. The van der Waals surface area contributed by atoms with Crippen LogP contribution < -0.4 is 5.73 Å². The molecule has 3 aromatic heterocycles. The summed E-state index contributed by atoms with van der Waals surface area (Å²) in [6, 6.07) is 0. The van der Waals surface area contributed by atoms with Crippen LogP contribution >= 0.6 is 11.6 Å². The molecule has 0 amide bonds. The molecule has 3 heterocycles. The molecule has 0 atom stereocenters. The molecule has 0 aliphatic carbocycles. The highest BCUT2D eigenvalue weighted by atomic mass is 35.5. The van der Waals surface area contributed by atoms with Crippen molar-refractivity contribution >= 4 is 28.6 Å². The molecule has 0 aromatic carbocycles. The summed E-state index contributed by atoms with van der Waals surface area (Å²) in [6.07, 6.45) is 4.01. The van der Waals surface area contributed by atoms with Gasteiger partial charge in [-0.1, -0.05) is 25.4 Å². The number of halogens is 1. The van der Waals surface area contributed by atoms with Crippen LogP contribution in [-0.2, 0) is 6.54 Å². The lowest BCUT2D eigenvalue weighted by atomic mass is 10.0. The average molecular weight is 344 g/mol. The molecule has 0 aliphatic rings. The van der Waals surface area contributed by atoms with Crippen LogP contribution in [0.5, 0.6) is 0 Å². The number of fused-ring (bicyclic) bond motifs is 1. The highest BCUT2D eigenvalue weighted by molar-refractivity contribution is 6.34. The third-order valence-electron chi connectivity index (χ3n) is 4.66. The van der Waals surface area contributed by atoms with Gasteiger partial charge in [0.15, 0.2) is 0 Å². The third-order valence-corrected chi connectivity index (χ3v) is 4.94. The molecule has 3 aromatic rings. The van der Waals surface area contributed by atoms with Gasteiger partial charge in [-0.25, -0.2) is 4.98 Å². The number of nitrogen functional groups attached to an aromatic ring is 1. The molecule has 0 bridgehead atoms. The minimum Gasteiger partial charge on any atom is -0.368 e. The van der Waals surface area contributed by atoms with Crippen LogP contribution in [0.25, 0.3) is 11.0 Å². The van der Waals surface area contributed by atoms with Crippen LogP contribution in [0.1, 0.15) is 47.7 Å². The van der Waals surface area contributed by atoms with E-state index in [-0.39, 0.29) is 5.95 Å². The second-order valence-electron chi connectivity index (χ2n) is 6.58. The lowest BCUT2D eigenvalue weighted by Crippen LogP contribution is -2.06. The second-order valence-corrected chi connectivity index (χ2v) is 6.93. The molecule has 0 radical (unpaired) electrons. The Kier molecular flexibility index (Phi) is 4.22. The quantitative estimate of drug-likeness (QED) is 0.725. The topological polar surface area (TPSA) is 69.6 Å². The minimum atomic E-state index is 0.187. The molecule has 126 valence electrons. The minimum absolute atomic E-state index is 0.187. The molecule has 0 aliphatic heterocycles. The molecule has 0 saturated carbocycles. The van der Waals surface area contributed by atoms with Gasteiger partial charge in [0.25, 0.3) is 0 Å². The first-order valence-corrected chi connectivity index (χ1v) is 8.40. The zero-order chi connectivity index (χ0) is 17.6. The monoisotopic (exact) mass is 343 g/mol. The van der Waals surface area contributed by atoms with Crippen LogP contribution in [0.4, 0.5) is 5.95 Å². The van der Waals surface area contributed by atoms with Crippen molar-refractivity contribution in [1.82, 2.24) is 19.5 Å². The highest BCUT2D eigenvalue weighted by Gasteiger charge is 2.18. The van der Waals surface area contributed by atoms with E-state index in [1.54, 1.807) is 0 Å². The van der Waals surface area contributed by atoms with E-state index in [1.807, 2.05) is 6.20 Å². The molecule has 2 N–H and O–H groups in total. The summed E-state index contributed by atoms with van der Waals surface area (Å²) in [7, 11) is 0. The lowest BCUT2D eigenvalue weighted by Gasteiger charge is -2.11. The number of nitrogens with two attached hydrogens (primary N) is 1. The lowest BCUT2D eigenvalue weighted by molar-refractivity contribution is 0.773. The molecular weight excluding hydrogens is 322 g/mol.